The van der Waals surface area contributed by atoms with Crippen LogP contribution in [0.4, 0.5) is 0 Å². The van der Waals surface area contributed by atoms with Crippen molar-refractivity contribution in [3.63, 3.8) is 0 Å². The van der Waals surface area contributed by atoms with Crippen molar-refractivity contribution in [3.05, 3.63) is 58.3 Å². The molecule has 1 aromatic carbocycles. The Bertz CT molecular complexity index is 462. The number of carboxylic acids is 1. The first kappa shape index (κ1) is 11.9. The van der Waals surface area contributed by atoms with E-state index in [0.29, 0.717) is 0 Å². The van der Waals surface area contributed by atoms with E-state index in [4.69, 9.17) is 5.11 Å². The van der Waals surface area contributed by atoms with Crippen LogP contribution in [0.15, 0.2) is 47.8 Å². The molecular weight excluding hydrogens is 232 g/mol. The van der Waals surface area contributed by atoms with E-state index >= 15 is 0 Å². The molecule has 1 unspecified atom stereocenters. The van der Waals surface area contributed by atoms with E-state index in [1.54, 1.807) is 11.3 Å². The van der Waals surface area contributed by atoms with Gasteiger partial charge in [0.15, 0.2) is 0 Å². The van der Waals surface area contributed by atoms with Crippen LogP contribution < -0.4 is 0 Å². The van der Waals surface area contributed by atoms with Crippen molar-refractivity contribution in [1.82, 2.24) is 0 Å². The van der Waals surface area contributed by atoms with E-state index in [1.807, 2.05) is 47.8 Å². The summed E-state index contributed by atoms with van der Waals surface area (Å²) in [6.07, 6.45) is 0.975. The monoisotopic (exact) mass is 246 g/mol. The number of rotatable bonds is 5. The number of benzene rings is 1. The van der Waals surface area contributed by atoms with Gasteiger partial charge in [-0.1, -0.05) is 36.4 Å². The summed E-state index contributed by atoms with van der Waals surface area (Å²) in [4.78, 5) is 12.0. The van der Waals surface area contributed by atoms with E-state index in [2.05, 4.69) is 0 Å². The summed E-state index contributed by atoms with van der Waals surface area (Å²) in [7, 11) is 0. The predicted molar refractivity (Wildman–Crippen MR) is 69.5 cm³/mol. The standard InChI is InChI=1S/C14H14O2S/c15-14(16)10-12(13-7-4-8-17-13)9-11-5-2-1-3-6-11/h1-8,12H,9-10H2,(H,15,16). The summed E-state index contributed by atoms with van der Waals surface area (Å²) < 4.78 is 0. The van der Waals surface area contributed by atoms with Crippen LogP contribution in [0, 0.1) is 0 Å². The Kier molecular flexibility index (Phi) is 3.94. The molecule has 0 aliphatic carbocycles. The second kappa shape index (κ2) is 5.64. The molecule has 3 heteroatoms. The van der Waals surface area contributed by atoms with Gasteiger partial charge in [-0.15, -0.1) is 11.3 Å². The highest BCUT2D eigenvalue weighted by atomic mass is 32.1. The molecule has 0 spiro atoms. The van der Waals surface area contributed by atoms with Crippen LogP contribution in [-0.4, -0.2) is 11.1 Å². The fraction of sp³-hybridized carbons (Fsp3) is 0.214. The lowest BCUT2D eigenvalue weighted by Gasteiger charge is -2.13. The van der Waals surface area contributed by atoms with Gasteiger partial charge >= 0.3 is 5.97 Å². The quantitative estimate of drug-likeness (QED) is 0.876. The fourth-order valence-electron chi connectivity index (χ4n) is 1.91. The largest absolute Gasteiger partial charge is 0.481 e. The Morgan fingerprint density at radius 3 is 2.53 bits per heavy atom. The maximum atomic E-state index is 10.9. The highest BCUT2D eigenvalue weighted by Crippen LogP contribution is 2.28. The normalized spacial score (nSPS) is 12.2. The van der Waals surface area contributed by atoms with Crippen LogP contribution in [0.1, 0.15) is 22.8 Å². The SMILES string of the molecule is O=C(O)CC(Cc1ccccc1)c1cccs1. The first-order valence-electron chi connectivity index (χ1n) is 5.55. The van der Waals surface area contributed by atoms with Gasteiger partial charge < -0.3 is 5.11 Å². The zero-order valence-electron chi connectivity index (χ0n) is 9.37. The molecule has 0 bridgehead atoms. The van der Waals surface area contributed by atoms with E-state index in [-0.39, 0.29) is 12.3 Å². The Balaban J connectivity index is 2.14. The average molecular weight is 246 g/mol. The summed E-state index contributed by atoms with van der Waals surface area (Å²) >= 11 is 1.63. The molecule has 0 radical (unpaired) electrons. The van der Waals surface area contributed by atoms with Crippen molar-refractivity contribution in [2.24, 2.45) is 0 Å². The third kappa shape index (κ3) is 3.43. The number of aliphatic carboxylic acids is 1. The first-order valence-corrected chi connectivity index (χ1v) is 6.43. The van der Waals surface area contributed by atoms with Gasteiger partial charge in [0.1, 0.15) is 0 Å². The molecule has 1 aromatic heterocycles. The van der Waals surface area contributed by atoms with Gasteiger partial charge in [0.2, 0.25) is 0 Å². The van der Waals surface area contributed by atoms with Gasteiger partial charge in [0.25, 0.3) is 0 Å². The molecular formula is C14H14O2S. The second-order valence-corrected chi connectivity index (χ2v) is 4.98. The third-order valence-electron chi connectivity index (χ3n) is 2.69. The predicted octanol–water partition coefficient (Wildman–Crippen LogP) is 3.55. The second-order valence-electron chi connectivity index (χ2n) is 4.00. The fourth-order valence-corrected chi connectivity index (χ4v) is 2.74. The first-order chi connectivity index (χ1) is 8.25. The van der Waals surface area contributed by atoms with Gasteiger partial charge in [-0.05, 0) is 23.4 Å². The Labute approximate surface area is 105 Å². The maximum Gasteiger partial charge on any atom is 0.304 e. The number of hydrogen-bond acceptors (Lipinski definition) is 2. The summed E-state index contributed by atoms with van der Waals surface area (Å²) in [5.41, 5.74) is 1.19. The summed E-state index contributed by atoms with van der Waals surface area (Å²) in [6, 6.07) is 14.0. The molecule has 1 atom stereocenters. The third-order valence-corrected chi connectivity index (χ3v) is 3.73. The topological polar surface area (TPSA) is 37.3 Å². The number of thiophene rings is 1. The summed E-state index contributed by atoms with van der Waals surface area (Å²) in [6.45, 7) is 0. The van der Waals surface area contributed by atoms with Crippen molar-refractivity contribution in [2.75, 3.05) is 0 Å². The molecule has 2 aromatic rings. The molecule has 0 aliphatic heterocycles. The van der Waals surface area contributed by atoms with Crippen molar-refractivity contribution >= 4 is 17.3 Å². The van der Waals surface area contributed by atoms with Gasteiger partial charge in [0, 0.05) is 10.8 Å². The number of carbonyl (C=O) groups is 1. The van der Waals surface area contributed by atoms with E-state index < -0.39 is 5.97 Å². The van der Waals surface area contributed by atoms with Crippen molar-refractivity contribution < 1.29 is 9.90 Å². The van der Waals surface area contributed by atoms with Crippen molar-refractivity contribution in [3.8, 4) is 0 Å². The lowest BCUT2D eigenvalue weighted by atomic mass is 9.95. The van der Waals surface area contributed by atoms with Crippen molar-refractivity contribution in [1.29, 1.82) is 0 Å². The maximum absolute atomic E-state index is 10.9. The lowest BCUT2D eigenvalue weighted by molar-refractivity contribution is -0.137. The zero-order chi connectivity index (χ0) is 12.1. The van der Waals surface area contributed by atoms with Gasteiger partial charge in [-0.3, -0.25) is 4.79 Å². The Hall–Kier alpha value is -1.61. The minimum Gasteiger partial charge on any atom is -0.481 e. The van der Waals surface area contributed by atoms with Crippen molar-refractivity contribution in [2.45, 2.75) is 18.8 Å². The minimum absolute atomic E-state index is 0.0786. The van der Waals surface area contributed by atoms with E-state index in [0.717, 1.165) is 11.3 Å². The summed E-state index contributed by atoms with van der Waals surface area (Å²) in [5, 5.41) is 11.0. The van der Waals surface area contributed by atoms with E-state index in [9.17, 15) is 4.79 Å². The number of hydrogen-bond donors (Lipinski definition) is 1. The van der Waals surface area contributed by atoms with Crippen LogP contribution >= 0.6 is 11.3 Å². The van der Waals surface area contributed by atoms with Gasteiger partial charge in [-0.2, -0.15) is 0 Å². The molecule has 17 heavy (non-hydrogen) atoms. The lowest BCUT2D eigenvalue weighted by Crippen LogP contribution is -2.07. The van der Waals surface area contributed by atoms with Crippen LogP contribution in [-0.2, 0) is 11.2 Å². The summed E-state index contributed by atoms with van der Waals surface area (Å²) in [5.74, 6) is -0.658. The molecule has 2 nitrogen and oxygen atoms in total. The minimum atomic E-state index is -0.737. The van der Waals surface area contributed by atoms with E-state index in [1.165, 1.54) is 5.56 Å². The molecule has 0 aliphatic rings. The van der Waals surface area contributed by atoms with Crippen LogP contribution in [0.3, 0.4) is 0 Å². The molecule has 0 saturated heterocycles. The highest BCUT2D eigenvalue weighted by molar-refractivity contribution is 7.10. The molecule has 2 rings (SSSR count). The molecule has 1 N–H and O–H groups in total. The molecule has 1 heterocycles. The van der Waals surface area contributed by atoms with Gasteiger partial charge in [-0.25, -0.2) is 0 Å². The molecule has 0 saturated carbocycles. The van der Waals surface area contributed by atoms with Crippen LogP contribution in [0.5, 0.6) is 0 Å². The molecule has 0 fully saturated rings. The van der Waals surface area contributed by atoms with Crippen LogP contribution in [0.2, 0.25) is 0 Å². The zero-order valence-corrected chi connectivity index (χ0v) is 10.2. The van der Waals surface area contributed by atoms with Gasteiger partial charge in [0.05, 0.1) is 6.42 Å². The molecule has 0 amide bonds. The highest BCUT2D eigenvalue weighted by Gasteiger charge is 2.16. The average Bonchev–Trinajstić information content (AvgIpc) is 2.82. The Morgan fingerprint density at radius 2 is 1.94 bits per heavy atom. The Morgan fingerprint density at radius 1 is 1.18 bits per heavy atom. The number of carboxylic acid groups (broad SMARTS) is 1. The van der Waals surface area contributed by atoms with Crippen LogP contribution in [0.25, 0.3) is 0 Å². The molecule has 88 valence electrons. The smallest absolute Gasteiger partial charge is 0.304 e.